The number of aryl methyl sites for hydroxylation is 3. The predicted molar refractivity (Wildman–Crippen MR) is 104 cm³/mol. The smallest absolute Gasteiger partial charge is 0.0375 e. The number of halogens is 1. The molecule has 122 valence electrons. The van der Waals surface area contributed by atoms with E-state index in [2.05, 4.69) is 95.4 Å². The Labute approximate surface area is 152 Å². The third-order valence-corrected chi connectivity index (χ3v) is 5.05. The fraction of sp³-hybridized carbons (Fsp3) is 0.227. The van der Waals surface area contributed by atoms with Crippen LogP contribution >= 0.6 is 15.9 Å². The van der Waals surface area contributed by atoms with Gasteiger partial charge in [0, 0.05) is 22.3 Å². The molecule has 2 heteroatoms. The second kappa shape index (κ2) is 7.76. The summed E-state index contributed by atoms with van der Waals surface area (Å²) in [6, 6.07) is 21.8. The molecule has 1 atom stereocenters. The number of nitrogens with zero attached hydrogens (tertiary/aromatic N) is 1. The summed E-state index contributed by atoms with van der Waals surface area (Å²) in [6.45, 7) is 4.26. The summed E-state index contributed by atoms with van der Waals surface area (Å²) >= 11 is 3.54. The van der Waals surface area contributed by atoms with Crippen molar-refractivity contribution in [1.82, 2.24) is 4.98 Å². The molecule has 0 radical (unpaired) electrons. The number of rotatable bonds is 5. The van der Waals surface area contributed by atoms with Crippen LogP contribution in [0.3, 0.4) is 0 Å². The second-order valence-electron chi connectivity index (χ2n) is 6.30. The fourth-order valence-corrected chi connectivity index (χ4v) is 3.51. The number of aromatic nitrogens is 1. The molecule has 0 aliphatic carbocycles. The Morgan fingerprint density at radius 3 is 2.42 bits per heavy atom. The highest BCUT2D eigenvalue weighted by atomic mass is 79.9. The zero-order valence-electron chi connectivity index (χ0n) is 14.2. The van der Waals surface area contributed by atoms with Gasteiger partial charge in [-0.15, -0.1) is 0 Å². The Bertz CT molecular complexity index is 808. The van der Waals surface area contributed by atoms with E-state index in [-0.39, 0.29) is 0 Å². The summed E-state index contributed by atoms with van der Waals surface area (Å²) in [7, 11) is 0. The van der Waals surface area contributed by atoms with Crippen LogP contribution in [0, 0.1) is 13.8 Å². The van der Waals surface area contributed by atoms with E-state index in [4.69, 9.17) is 0 Å². The molecule has 0 saturated carbocycles. The van der Waals surface area contributed by atoms with Crippen LogP contribution in [0.5, 0.6) is 0 Å². The molecule has 2 aromatic carbocycles. The van der Waals surface area contributed by atoms with Crippen molar-refractivity contribution in [1.29, 1.82) is 0 Å². The van der Waals surface area contributed by atoms with E-state index in [9.17, 15) is 0 Å². The maximum Gasteiger partial charge on any atom is 0.0375 e. The van der Waals surface area contributed by atoms with Crippen LogP contribution in [0.2, 0.25) is 0 Å². The van der Waals surface area contributed by atoms with Crippen molar-refractivity contribution in [3.8, 4) is 0 Å². The minimum Gasteiger partial charge on any atom is -0.262 e. The SMILES string of the molecule is Cc1cc(CC[C@@H](c2ccc(Br)cc2)c2ccccc2C)ccn1. The highest BCUT2D eigenvalue weighted by molar-refractivity contribution is 9.10. The lowest BCUT2D eigenvalue weighted by molar-refractivity contribution is 0.710. The first-order valence-corrected chi connectivity index (χ1v) is 9.15. The highest BCUT2D eigenvalue weighted by Gasteiger charge is 2.16. The quantitative estimate of drug-likeness (QED) is 0.512. The Morgan fingerprint density at radius 2 is 1.71 bits per heavy atom. The normalized spacial score (nSPS) is 12.1. The average molecular weight is 380 g/mol. The highest BCUT2D eigenvalue weighted by Crippen LogP contribution is 2.32. The van der Waals surface area contributed by atoms with E-state index in [0.29, 0.717) is 5.92 Å². The third-order valence-electron chi connectivity index (χ3n) is 4.52. The summed E-state index contributed by atoms with van der Waals surface area (Å²) in [6.07, 6.45) is 4.06. The molecule has 0 N–H and O–H groups in total. The lowest BCUT2D eigenvalue weighted by Crippen LogP contribution is -2.05. The molecule has 0 saturated heterocycles. The van der Waals surface area contributed by atoms with E-state index in [0.717, 1.165) is 23.0 Å². The zero-order chi connectivity index (χ0) is 16.9. The molecule has 3 rings (SSSR count). The van der Waals surface area contributed by atoms with Gasteiger partial charge in [0.1, 0.15) is 0 Å². The van der Waals surface area contributed by atoms with Gasteiger partial charge in [-0.2, -0.15) is 0 Å². The Morgan fingerprint density at radius 1 is 0.958 bits per heavy atom. The van der Waals surface area contributed by atoms with Crippen LogP contribution in [0.1, 0.15) is 40.3 Å². The summed E-state index contributed by atoms with van der Waals surface area (Å²) in [5.74, 6) is 0.410. The minimum absolute atomic E-state index is 0.410. The summed E-state index contributed by atoms with van der Waals surface area (Å²) in [5, 5.41) is 0. The van der Waals surface area contributed by atoms with Gasteiger partial charge in [-0.3, -0.25) is 4.98 Å². The van der Waals surface area contributed by atoms with Crippen LogP contribution in [0.15, 0.2) is 71.3 Å². The van der Waals surface area contributed by atoms with Crippen molar-refractivity contribution in [3.63, 3.8) is 0 Å². The van der Waals surface area contributed by atoms with E-state index in [1.165, 1.54) is 22.3 Å². The van der Waals surface area contributed by atoms with Gasteiger partial charge in [-0.1, -0.05) is 52.3 Å². The Kier molecular flexibility index (Phi) is 5.47. The monoisotopic (exact) mass is 379 g/mol. The lowest BCUT2D eigenvalue weighted by Gasteiger charge is -2.20. The molecular formula is C22H22BrN. The number of pyridine rings is 1. The minimum atomic E-state index is 0.410. The van der Waals surface area contributed by atoms with Gasteiger partial charge in [0.2, 0.25) is 0 Å². The Hall–Kier alpha value is -1.93. The van der Waals surface area contributed by atoms with Gasteiger partial charge in [-0.25, -0.2) is 0 Å². The molecule has 1 aromatic heterocycles. The zero-order valence-corrected chi connectivity index (χ0v) is 15.8. The number of benzene rings is 2. The van der Waals surface area contributed by atoms with Crippen LogP contribution in [0.4, 0.5) is 0 Å². The topological polar surface area (TPSA) is 12.9 Å². The van der Waals surface area contributed by atoms with Gasteiger partial charge in [0.25, 0.3) is 0 Å². The van der Waals surface area contributed by atoms with Crippen molar-refractivity contribution in [2.75, 3.05) is 0 Å². The van der Waals surface area contributed by atoms with Crippen molar-refractivity contribution >= 4 is 15.9 Å². The number of hydrogen-bond donors (Lipinski definition) is 0. The van der Waals surface area contributed by atoms with Crippen LogP contribution in [-0.2, 0) is 6.42 Å². The van der Waals surface area contributed by atoms with Crippen LogP contribution < -0.4 is 0 Å². The average Bonchev–Trinajstić information content (AvgIpc) is 2.58. The van der Waals surface area contributed by atoms with E-state index in [1.54, 1.807) is 0 Å². The first-order valence-electron chi connectivity index (χ1n) is 8.36. The van der Waals surface area contributed by atoms with Crippen LogP contribution in [-0.4, -0.2) is 4.98 Å². The third kappa shape index (κ3) is 4.12. The molecular weight excluding hydrogens is 358 g/mol. The van der Waals surface area contributed by atoms with Crippen molar-refractivity contribution in [2.45, 2.75) is 32.6 Å². The molecule has 3 aromatic rings. The fourth-order valence-electron chi connectivity index (χ4n) is 3.25. The largest absolute Gasteiger partial charge is 0.262 e. The maximum atomic E-state index is 4.30. The molecule has 0 amide bonds. The molecule has 0 spiro atoms. The van der Waals surface area contributed by atoms with Crippen molar-refractivity contribution in [3.05, 3.63) is 99.3 Å². The molecule has 0 bridgehead atoms. The lowest BCUT2D eigenvalue weighted by atomic mass is 9.84. The van der Waals surface area contributed by atoms with Gasteiger partial charge < -0.3 is 0 Å². The van der Waals surface area contributed by atoms with E-state index < -0.39 is 0 Å². The predicted octanol–water partition coefficient (Wildman–Crippen LogP) is 6.23. The van der Waals surface area contributed by atoms with E-state index in [1.807, 2.05) is 6.20 Å². The second-order valence-corrected chi connectivity index (χ2v) is 7.22. The summed E-state index contributed by atoms with van der Waals surface area (Å²) < 4.78 is 1.12. The first kappa shape index (κ1) is 16.9. The standard InChI is InChI=1S/C22H22BrN/c1-16-5-3-4-6-21(16)22(19-8-10-20(23)11-9-19)12-7-18-13-14-24-17(2)15-18/h3-6,8-11,13-15,22H,7,12H2,1-2H3/t22-/m0/s1. The first-order chi connectivity index (χ1) is 11.6. The Balaban J connectivity index is 1.90. The summed E-state index contributed by atoms with van der Waals surface area (Å²) in [4.78, 5) is 4.30. The number of hydrogen-bond acceptors (Lipinski definition) is 1. The molecule has 0 aliphatic rings. The molecule has 1 nitrogen and oxygen atoms in total. The molecule has 0 aliphatic heterocycles. The molecule has 0 fully saturated rings. The summed E-state index contributed by atoms with van der Waals surface area (Å²) in [5.41, 5.74) is 6.60. The van der Waals surface area contributed by atoms with E-state index >= 15 is 0 Å². The molecule has 1 heterocycles. The van der Waals surface area contributed by atoms with Crippen molar-refractivity contribution < 1.29 is 0 Å². The van der Waals surface area contributed by atoms with Gasteiger partial charge >= 0.3 is 0 Å². The van der Waals surface area contributed by atoms with Crippen molar-refractivity contribution in [2.24, 2.45) is 0 Å². The van der Waals surface area contributed by atoms with Gasteiger partial charge in [0.05, 0.1) is 0 Å². The maximum absolute atomic E-state index is 4.30. The van der Waals surface area contributed by atoms with Gasteiger partial charge in [0.15, 0.2) is 0 Å². The van der Waals surface area contributed by atoms with Gasteiger partial charge in [-0.05, 0) is 73.2 Å². The molecule has 0 unspecified atom stereocenters. The van der Waals surface area contributed by atoms with Crippen LogP contribution in [0.25, 0.3) is 0 Å². The molecule has 24 heavy (non-hydrogen) atoms.